The lowest BCUT2D eigenvalue weighted by Crippen LogP contribution is -2.63. The van der Waals surface area contributed by atoms with E-state index in [0.717, 1.165) is 6.54 Å². The van der Waals surface area contributed by atoms with Crippen LogP contribution in [0.1, 0.15) is 24.8 Å². The van der Waals surface area contributed by atoms with Crippen LogP contribution >= 0.6 is 0 Å². The lowest BCUT2D eigenvalue weighted by molar-refractivity contribution is 0.0212. The molecule has 0 amide bonds. The smallest absolute Gasteiger partial charge is 0.0355 e. The van der Waals surface area contributed by atoms with E-state index >= 15 is 0 Å². The summed E-state index contributed by atoms with van der Waals surface area (Å²) in [5, 5.41) is 3.60. The van der Waals surface area contributed by atoms with Crippen LogP contribution in [0.4, 0.5) is 0 Å². The molecule has 2 fully saturated rings. The van der Waals surface area contributed by atoms with Crippen molar-refractivity contribution in [2.24, 2.45) is 0 Å². The van der Waals surface area contributed by atoms with E-state index in [4.69, 9.17) is 0 Å². The highest BCUT2D eigenvalue weighted by Gasteiger charge is 2.39. The maximum atomic E-state index is 3.60. The number of hydrogen-bond donors (Lipinski definition) is 1. The first-order valence-corrected chi connectivity index (χ1v) is 8.47. The van der Waals surface area contributed by atoms with Gasteiger partial charge in [0.2, 0.25) is 0 Å². The van der Waals surface area contributed by atoms with Crippen molar-refractivity contribution < 1.29 is 0 Å². The predicted octanol–water partition coefficient (Wildman–Crippen LogP) is 1.99. The summed E-state index contributed by atoms with van der Waals surface area (Å²) in [6, 6.07) is 10.9. The van der Waals surface area contributed by atoms with Gasteiger partial charge in [-0.25, -0.2) is 0 Å². The van der Waals surface area contributed by atoms with Gasteiger partial charge in [-0.15, -0.1) is 0 Å². The Morgan fingerprint density at radius 1 is 1.10 bits per heavy atom. The van der Waals surface area contributed by atoms with Crippen LogP contribution in [0.25, 0.3) is 0 Å². The highest BCUT2D eigenvalue weighted by molar-refractivity contribution is 5.14. The Morgan fingerprint density at radius 3 is 2.57 bits per heavy atom. The fourth-order valence-electron chi connectivity index (χ4n) is 3.84. The second-order valence-corrected chi connectivity index (χ2v) is 6.75. The first-order chi connectivity index (χ1) is 10.3. The Kier molecular flexibility index (Phi) is 4.94. The monoisotopic (exact) mass is 287 g/mol. The summed E-state index contributed by atoms with van der Waals surface area (Å²) in [6.07, 6.45) is 5.14. The first kappa shape index (κ1) is 15.0. The van der Waals surface area contributed by atoms with Gasteiger partial charge >= 0.3 is 0 Å². The highest BCUT2D eigenvalue weighted by atomic mass is 15.3. The zero-order valence-electron chi connectivity index (χ0n) is 13.4. The molecule has 3 nitrogen and oxygen atoms in total. The van der Waals surface area contributed by atoms with E-state index in [2.05, 4.69) is 52.5 Å². The highest BCUT2D eigenvalue weighted by Crippen LogP contribution is 2.29. The second kappa shape index (κ2) is 6.91. The molecule has 2 heterocycles. The van der Waals surface area contributed by atoms with E-state index in [1.807, 2.05) is 0 Å². The molecule has 21 heavy (non-hydrogen) atoms. The average molecular weight is 287 g/mol. The maximum Gasteiger partial charge on any atom is 0.0355 e. The molecule has 1 spiro atoms. The Labute approximate surface area is 129 Å². The number of piperazine rings is 1. The summed E-state index contributed by atoms with van der Waals surface area (Å²) in [5.41, 5.74) is 1.91. The minimum atomic E-state index is 0.439. The molecule has 2 aliphatic heterocycles. The summed E-state index contributed by atoms with van der Waals surface area (Å²) >= 11 is 0. The molecule has 0 aliphatic carbocycles. The third kappa shape index (κ3) is 3.65. The van der Waals surface area contributed by atoms with Gasteiger partial charge in [0.15, 0.2) is 0 Å². The second-order valence-electron chi connectivity index (χ2n) is 6.75. The summed E-state index contributed by atoms with van der Waals surface area (Å²) < 4.78 is 0. The van der Waals surface area contributed by atoms with Crippen molar-refractivity contribution in [3.63, 3.8) is 0 Å². The van der Waals surface area contributed by atoms with E-state index in [1.54, 1.807) is 0 Å². The Balaban J connectivity index is 1.41. The van der Waals surface area contributed by atoms with Gasteiger partial charge in [0.25, 0.3) is 0 Å². The van der Waals surface area contributed by atoms with Gasteiger partial charge < -0.3 is 10.2 Å². The molecule has 116 valence electrons. The molecule has 0 atom stereocenters. The Hall–Kier alpha value is -0.900. The first-order valence-electron chi connectivity index (χ1n) is 8.47. The molecule has 0 unspecified atom stereocenters. The molecule has 3 heteroatoms. The number of benzene rings is 1. The van der Waals surface area contributed by atoms with Crippen molar-refractivity contribution in [3.8, 4) is 0 Å². The quantitative estimate of drug-likeness (QED) is 0.913. The van der Waals surface area contributed by atoms with Crippen LogP contribution in [-0.4, -0.2) is 61.7 Å². The van der Waals surface area contributed by atoms with Crippen LogP contribution < -0.4 is 5.32 Å². The number of rotatable bonds is 4. The van der Waals surface area contributed by atoms with Crippen molar-refractivity contribution in [2.75, 3.05) is 46.3 Å². The lowest BCUT2D eigenvalue weighted by Gasteiger charge is -2.50. The lowest BCUT2D eigenvalue weighted by atomic mass is 9.84. The molecular weight excluding hydrogens is 258 g/mol. The largest absolute Gasteiger partial charge is 0.314 e. The number of nitrogens with one attached hydrogen (secondary N) is 1. The summed E-state index contributed by atoms with van der Waals surface area (Å²) in [5.74, 6) is 0. The summed E-state index contributed by atoms with van der Waals surface area (Å²) in [7, 11) is 2.31. The molecule has 2 saturated heterocycles. The number of likely N-dealkylation sites (N-methyl/N-ethyl adjacent to an activating group) is 1. The third-order valence-electron chi connectivity index (χ3n) is 5.46. The molecule has 0 radical (unpaired) electrons. The van der Waals surface area contributed by atoms with Crippen molar-refractivity contribution in [1.82, 2.24) is 15.1 Å². The molecule has 1 N–H and O–H groups in total. The molecule has 0 bridgehead atoms. The standard InChI is InChI=1S/C18H29N3/c1-20-15-11-19-16-18(20)9-13-21(14-10-18)12-5-8-17-6-3-2-4-7-17/h2-4,6-7,19H,5,8-16H2,1H3. The van der Waals surface area contributed by atoms with Gasteiger partial charge in [0, 0.05) is 25.2 Å². The third-order valence-corrected chi connectivity index (χ3v) is 5.46. The molecule has 1 aromatic carbocycles. The zero-order valence-corrected chi connectivity index (χ0v) is 13.4. The van der Waals surface area contributed by atoms with Crippen LogP contribution in [-0.2, 0) is 6.42 Å². The minimum Gasteiger partial charge on any atom is -0.314 e. The molecular formula is C18H29N3. The average Bonchev–Trinajstić information content (AvgIpc) is 2.53. The number of likely N-dealkylation sites (tertiary alicyclic amines) is 1. The maximum absolute atomic E-state index is 3.60. The van der Waals surface area contributed by atoms with Gasteiger partial charge in [-0.05, 0) is 57.9 Å². The molecule has 0 saturated carbocycles. The number of aryl methyl sites for hydroxylation is 1. The SMILES string of the molecule is CN1CCNCC12CCN(CCCc1ccccc1)CC2. The zero-order chi connectivity index (χ0) is 14.5. The number of piperidine rings is 1. The van der Waals surface area contributed by atoms with Crippen LogP contribution in [0.15, 0.2) is 30.3 Å². The summed E-state index contributed by atoms with van der Waals surface area (Å²) in [4.78, 5) is 5.27. The van der Waals surface area contributed by atoms with E-state index in [-0.39, 0.29) is 0 Å². The van der Waals surface area contributed by atoms with Crippen molar-refractivity contribution in [1.29, 1.82) is 0 Å². The van der Waals surface area contributed by atoms with E-state index < -0.39 is 0 Å². The van der Waals surface area contributed by atoms with Crippen molar-refractivity contribution >= 4 is 0 Å². The predicted molar refractivity (Wildman–Crippen MR) is 88.7 cm³/mol. The van der Waals surface area contributed by atoms with Gasteiger partial charge in [-0.2, -0.15) is 0 Å². The normalized spacial score (nSPS) is 23.5. The van der Waals surface area contributed by atoms with Crippen LogP contribution in [0.2, 0.25) is 0 Å². The molecule has 1 aromatic rings. The molecule has 3 rings (SSSR count). The van der Waals surface area contributed by atoms with E-state index in [9.17, 15) is 0 Å². The fraction of sp³-hybridized carbons (Fsp3) is 0.667. The van der Waals surface area contributed by atoms with Gasteiger partial charge in [0.05, 0.1) is 0 Å². The molecule has 0 aromatic heterocycles. The van der Waals surface area contributed by atoms with E-state index in [1.165, 1.54) is 64.0 Å². The topological polar surface area (TPSA) is 18.5 Å². The van der Waals surface area contributed by atoms with Gasteiger partial charge in [-0.1, -0.05) is 30.3 Å². The molecule has 2 aliphatic rings. The fourth-order valence-corrected chi connectivity index (χ4v) is 3.84. The van der Waals surface area contributed by atoms with Gasteiger partial charge in [0.1, 0.15) is 0 Å². The number of nitrogens with zero attached hydrogens (tertiary/aromatic N) is 2. The van der Waals surface area contributed by atoms with Crippen LogP contribution in [0.5, 0.6) is 0 Å². The van der Waals surface area contributed by atoms with Crippen LogP contribution in [0, 0.1) is 0 Å². The van der Waals surface area contributed by atoms with E-state index in [0.29, 0.717) is 5.54 Å². The Morgan fingerprint density at radius 2 is 1.86 bits per heavy atom. The summed E-state index contributed by atoms with van der Waals surface area (Å²) in [6.45, 7) is 7.32. The number of hydrogen-bond acceptors (Lipinski definition) is 3. The van der Waals surface area contributed by atoms with Crippen LogP contribution in [0.3, 0.4) is 0 Å². The van der Waals surface area contributed by atoms with Gasteiger partial charge in [-0.3, -0.25) is 4.90 Å². The van der Waals surface area contributed by atoms with Crippen molar-refractivity contribution in [3.05, 3.63) is 35.9 Å². The van der Waals surface area contributed by atoms with Crippen molar-refractivity contribution in [2.45, 2.75) is 31.2 Å². The minimum absolute atomic E-state index is 0.439. The Bertz CT molecular complexity index is 423.